The standard InChI is InChI=1S/C18H29N3O/c1-5-13(2)17(19)18(22)21-11-9-20(10-12-21)16-8-6-7-14(3)15(16)4/h6-8,13,17H,5,9-12,19H2,1-4H3. The molecule has 4 heteroatoms. The maximum atomic E-state index is 12.4. The van der Waals surface area contributed by atoms with Gasteiger partial charge in [0.05, 0.1) is 6.04 Å². The highest BCUT2D eigenvalue weighted by atomic mass is 16.2. The molecule has 0 aliphatic carbocycles. The van der Waals surface area contributed by atoms with Crippen LogP contribution in [0.5, 0.6) is 0 Å². The average molecular weight is 303 g/mol. The van der Waals surface area contributed by atoms with Crippen molar-refractivity contribution in [3.63, 3.8) is 0 Å². The van der Waals surface area contributed by atoms with Gasteiger partial charge in [-0.15, -0.1) is 0 Å². The first-order valence-corrected chi connectivity index (χ1v) is 8.31. The highest BCUT2D eigenvalue weighted by Gasteiger charge is 2.28. The minimum absolute atomic E-state index is 0.106. The van der Waals surface area contributed by atoms with E-state index in [1.807, 2.05) is 4.90 Å². The fourth-order valence-electron chi connectivity index (χ4n) is 2.95. The Labute approximate surface area is 134 Å². The lowest BCUT2D eigenvalue weighted by molar-refractivity contribution is -0.134. The first-order valence-electron chi connectivity index (χ1n) is 8.31. The van der Waals surface area contributed by atoms with Crippen LogP contribution in [0.2, 0.25) is 0 Å². The summed E-state index contributed by atoms with van der Waals surface area (Å²) in [6, 6.07) is 6.06. The van der Waals surface area contributed by atoms with Crippen LogP contribution in [0.15, 0.2) is 18.2 Å². The Kier molecular flexibility index (Phi) is 5.46. The van der Waals surface area contributed by atoms with Crippen LogP contribution in [0.1, 0.15) is 31.4 Å². The van der Waals surface area contributed by atoms with Crippen molar-refractivity contribution in [2.24, 2.45) is 11.7 Å². The predicted octanol–water partition coefficient (Wildman–Crippen LogP) is 2.33. The minimum atomic E-state index is -0.364. The van der Waals surface area contributed by atoms with E-state index in [-0.39, 0.29) is 17.9 Å². The molecule has 1 amide bonds. The third-order valence-corrected chi connectivity index (χ3v) is 5.05. The number of anilines is 1. The Morgan fingerprint density at radius 2 is 1.86 bits per heavy atom. The number of benzene rings is 1. The quantitative estimate of drug-likeness (QED) is 0.929. The number of carbonyl (C=O) groups is 1. The Hall–Kier alpha value is -1.55. The number of hydrogen-bond donors (Lipinski definition) is 1. The summed E-state index contributed by atoms with van der Waals surface area (Å²) in [5, 5.41) is 0. The Morgan fingerprint density at radius 3 is 2.45 bits per heavy atom. The van der Waals surface area contributed by atoms with Crippen LogP contribution in [-0.2, 0) is 4.79 Å². The topological polar surface area (TPSA) is 49.6 Å². The number of rotatable bonds is 4. The predicted molar refractivity (Wildman–Crippen MR) is 92.1 cm³/mol. The van der Waals surface area contributed by atoms with Crippen LogP contribution in [0.4, 0.5) is 5.69 Å². The molecule has 1 fully saturated rings. The Morgan fingerprint density at radius 1 is 1.23 bits per heavy atom. The third-order valence-electron chi connectivity index (χ3n) is 5.05. The van der Waals surface area contributed by atoms with Crippen molar-refractivity contribution in [3.8, 4) is 0 Å². The van der Waals surface area contributed by atoms with E-state index in [1.165, 1.54) is 16.8 Å². The van der Waals surface area contributed by atoms with Crippen LogP contribution >= 0.6 is 0 Å². The van der Waals surface area contributed by atoms with Gasteiger partial charge in [-0.1, -0.05) is 32.4 Å². The number of amides is 1. The molecule has 1 aromatic rings. The smallest absolute Gasteiger partial charge is 0.239 e. The molecule has 1 heterocycles. The van der Waals surface area contributed by atoms with Gasteiger partial charge in [0.2, 0.25) is 5.91 Å². The minimum Gasteiger partial charge on any atom is -0.368 e. The van der Waals surface area contributed by atoms with Crippen LogP contribution in [-0.4, -0.2) is 43.0 Å². The normalized spacial score (nSPS) is 18.2. The van der Waals surface area contributed by atoms with Gasteiger partial charge in [-0.2, -0.15) is 0 Å². The van der Waals surface area contributed by atoms with E-state index in [9.17, 15) is 4.79 Å². The molecule has 2 rings (SSSR count). The molecule has 4 nitrogen and oxygen atoms in total. The molecule has 0 aromatic heterocycles. The molecule has 122 valence electrons. The second-order valence-corrected chi connectivity index (χ2v) is 6.44. The molecule has 1 saturated heterocycles. The number of piperazine rings is 1. The van der Waals surface area contributed by atoms with Crippen LogP contribution in [0.3, 0.4) is 0 Å². The monoisotopic (exact) mass is 303 g/mol. The largest absolute Gasteiger partial charge is 0.368 e. The van der Waals surface area contributed by atoms with Gasteiger partial charge in [0, 0.05) is 31.9 Å². The SMILES string of the molecule is CCC(C)C(N)C(=O)N1CCN(c2cccc(C)c2C)CC1. The summed E-state index contributed by atoms with van der Waals surface area (Å²) in [5.74, 6) is 0.347. The summed E-state index contributed by atoms with van der Waals surface area (Å²) < 4.78 is 0. The van der Waals surface area contributed by atoms with E-state index < -0.39 is 0 Å². The summed E-state index contributed by atoms with van der Waals surface area (Å²) in [5.41, 5.74) is 10.0. The van der Waals surface area contributed by atoms with Gasteiger partial charge >= 0.3 is 0 Å². The molecule has 0 radical (unpaired) electrons. The van der Waals surface area contributed by atoms with Gasteiger partial charge in [0.1, 0.15) is 0 Å². The highest BCUT2D eigenvalue weighted by Crippen LogP contribution is 2.24. The molecule has 0 saturated carbocycles. The van der Waals surface area contributed by atoms with Crippen molar-refractivity contribution in [2.75, 3.05) is 31.1 Å². The summed E-state index contributed by atoms with van der Waals surface area (Å²) in [4.78, 5) is 16.7. The lowest BCUT2D eigenvalue weighted by atomic mass is 9.98. The number of nitrogens with zero attached hydrogens (tertiary/aromatic N) is 2. The maximum absolute atomic E-state index is 12.4. The molecule has 2 unspecified atom stereocenters. The summed E-state index contributed by atoms with van der Waals surface area (Å²) >= 11 is 0. The first kappa shape index (κ1) is 16.8. The third kappa shape index (κ3) is 3.43. The maximum Gasteiger partial charge on any atom is 0.239 e. The lowest BCUT2D eigenvalue weighted by Crippen LogP contribution is -2.54. The van der Waals surface area contributed by atoms with Crippen molar-refractivity contribution >= 4 is 11.6 Å². The Bertz CT molecular complexity index is 521. The summed E-state index contributed by atoms with van der Waals surface area (Å²) in [6.45, 7) is 11.7. The number of carbonyl (C=O) groups excluding carboxylic acids is 1. The van der Waals surface area contributed by atoms with Gasteiger partial charge in [-0.3, -0.25) is 4.79 Å². The van der Waals surface area contributed by atoms with Gasteiger partial charge in [-0.25, -0.2) is 0 Å². The van der Waals surface area contributed by atoms with Gasteiger partial charge in [0.25, 0.3) is 0 Å². The zero-order valence-corrected chi connectivity index (χ0v) is 14.3. The number of hydrogen-bond acceptors (Lipinski definition) is 3. The van der Waals surface area contributed by atoms with Crippen molar-refractivity contribution in [1.29, 1.82) is 0 Å². The molecule has 0 spiro atoms. The zero-order valence-electron chi connectivity index (χ0n) is 14.3. The van der Waals surface area contributed by atoms with Crippen LogP contribution < -0.4 is 10.6 Å². The second kappa shape index (κ2) is 7.14. The van der Waals surface area contributed by atoms with Gasteiger partial charge in [0.15, 0.2) is 0 Å². The van der Waals surface area contributed by atoms with Crippen molar-refractivity contribution in [3.05, 3.63) is 29.3 Å². The highest BCUT2D eigenvalue weighted by molar-refractivity contribution is 5.82. The van der Waals surface area contributed by atoms with E-state index >= 15 is 0 Å². The fraction of sp³-hybridized carbons (Fsp3) is 0.611. The van der Waals surface area contributed by atoms with E-state index in [0.29, 0.717) is 0 Å². The molecule has 0 bridgehead atoms. The van der Waals surface area contributed by atoms with Crippen molar-refractivity contribution in [2.45, 2.75) is 40.2 Å². The summed E-state index contributed by atoms with van der Waals surface area (Å²) in [6.07, 6.45) is 0.940. The van der Waals surface area contributed by atoms with E-state index in [0.717, 1.165) is 32.6 Å². The van der Waals surface area contributed by atoms with Crippen molar-refractivity contribution in [1.82, 2.24) is 4.90 Å². The zero-order chi connectivity index (χ0) is 16.3. The average Bonchev–Trinajstić information content (AvgIpc) is 2.55. The van der Waals surface area contributed by atoms with Gasteiger partial charge < -0.3 is 15.5 Å². The van der Waals surface area contributed by atoms with E-state index in [1.54, 1.807) is 0 Å². The molecule has 1 aliphatic rings. The first-order chi connectivity index (χ1) is 10.5. The van der Waals surface area contributed by atoms with Crippen molar-refractivity contribution < 1.29 is 4.79 Å². The molecule has 1 aliphatic heterocycles. The fourth-order valence-corrected chi connectivity index (χ4v) is 2.95. The molecule has 1 aromatic carbocycles. The lowest BCUT2D eigenvalue weighted by Gasteiger charge is -2.38. The van der Waals surface area contributed by atoms with Crippen LogP contribution in [0.25, 0.3) is 0 Å². The summed E-state index contributed by atoms with van der Waals surface area (Å²) in [7, 11) is 0. The molecule has 2 N–H and O–H groups in total. The Balaban J connectivity index is 1.98. The number of nitrogens with two attached hydrogens (primary N) is 1. The second-order valence-electron chi connectivity index (χ2n) is 6.44. The van der Waals surface area contributed by atoms with E-state index in [2.05, 4.69) is 50.8 Å². The van der Waals surface area contributed by atoms with Gasteiger partial charge in [-0.05, 0) is 37.0 Å². The number of aryl methyl sites for hydroxylation is 1. The molecule has 22 heavy (non-hydrogen) atoms. The molecular formula is C18H29N3O. The van der Waals surface area contributed by atoms with Crippen LogP contribution in [0, 0.1) is 19.8 Å². The molecule has 2 atom stereocenters. The molecular weight excluding hydrogens is 274 g/mol. The van der Waals surface area contributed by atoms with E-state index in [4.69, 9.17) is 5.73 Å².